The van der Waals surface area contributed by atoms with E-state index in [0.29, 0.717) is 0 Å². The van der Waals surface area contributed by atoms with E-state index in [4.69, 9.17) is 0 Å². The zero-order valence-corrected chi connectivity index (χ0v) is 3.47. The SMILES string of the molecule is CC12N=CC1=N2. The van der Waals surface area contributed by atoms with Gasteiger partial charge in [0.25, 0.3) is 0 Å². The predicted octanol–water partition coefficient (Wildman–Crippen LogP) is 0.242. The van der Waals surface area contributed by atoms with Gasteiger partial charge in [-0.05, 0) is 6.92 Å². The van der Waals surface area contributed by atoms with Crippen LogP contribution in [0.4, 0.5) is 0 Å². The first kappa shape index (κ1) is 2.50. The van der Waals surface area contributed by atoms with Gasteiger partial charge >= 0.3 is 0 Å². The van der Waals surface area contributed by atoms with Crippen LogP contribution in [-0.2, 0) is 0 Å². The van der Waals surface area contributed by atoms with Gasteiger partial charge in [0.15, 0.2) is 5.66 Å². The van der Waals surface area contributed by atoms with Gasteiger partial charge < -0.3 is 0 Å². The number of hydrogen-bond acceptors (Lipinski definition) is 2. The van der Waals surface area contributed by atoms with Crippen LogP contribution >= 0.6 is 0 Å². The van der Waals surface area contributed by atoms with Gasteiger partial charge in [0.2, 0.25) is 0 Å². The lowest BCUT2D eigenvalue weighted by molar-refractivity contribution is 0.774. The molecule has 0 aromatic heterocycles. The summed E-state index contributed by atoms with van der Waals surface area (Å²) < 4.78 is 0. The lowest BCUT2D eigenvalue weighted by atomic mass is 10.2. The van der Waals surface area contributed by atoms with Crippen molar-refractivity contribution >= 4 is 11.9 Å². The van der Waals surface area contributed by atoms with E-state index in [2.05, 4.69) is 9.98 Å². The molecule has 1 unspecified atom stereocenters. The van der Waals surface area contributed by atoms with E-state index in [-0.39, 0.29) is 5.66 Å². The Morgan fingerprint density at radius 1 is 1.83 bits per heavy atom. The summed E-state index contributed by atoms with van der Waals surface area (Å²) in [6.45, 7) is 2.00. The van der Waals surface area contributed by atoms with Crippen molar-refractivity contribution in [3.05, 3.63) is 0 Å². The molecule has 0 bridgehead atoms. The maximum atomic E-state index is 3.99. The van der Waals surface area contributed by atoms with Gasteiger partial charge in [-0.15, -0.1) is 0 Å². The minimum atomic E-state index is 0. The average molecular weight is 80.1 g/mol. The Bertz CT molecular complexity index is 153. The molecule has 2 nitrogen and oxygen atoms in total. The van der Waals surface area contributed by atoms with Crippen LogP contribution in [-0.4, -0.2) is 17.6 Å². The number of nitrogens with zero attached hydrogens (tertiary/aromatic N) is 2. The Hall–Kier alpha value is -0.660. The molecule has 0 aromatic rings. The molecule has 2 rings (SSSR count). The van der Waals surface area contributed by atoms with Crippen LogP contribution in [0.5, 0.6) is 0 Å². The zero-order chi connectivity index (χ0) is 4.20. The molecule has 0 radical (unpaired) electrons. The van der Waals surface area contributed by atoms with E-state index in [1.807, 2.05) is 6.92 Å². The van der Waals surface area contributed by atoms with Crippen molar-refractivity contribution in [2.45, 2.75) is 12.6 Å². The average Bonchev–Trinajstić information content (AvgIpc) is 1.88. The molecule has 2 aliphatic heterocycles. The molecule has 0 spiro atoms. The molecule has 0 saturated heterocycles. The molecular formula is C4H4N2. The maximum absolute atomic E-state index is 3.99. The van der Waals surface area contributed by atoms with Crippen LogP contribution in [0.1, 0.15) is 6.92 Å². The monoisotopic (exact) mass is 80.0 g/mol. The highest BCUT2D eigenvalue weighted by Gasteiger charge is 2.46. The Balaban J connectivity index is 2.53. The molecule has 0 aliphatic carbocycles. The standard InChI is InChI=1S/C4H4N2/c1-4-3(6-4)2-5-4/h2H,1H3. The number of aliphatic imine (C=N–C) groups is 2. The molecular weight excluding hydrogens is 76.1 g/mol. The number of rotatable bonds is 0. The van der Waals surface area contributed by atoms with Gasteiger partial charge in [0.05, 0.1) is 6.21 Å². The molecule has 0 saturated carbocycles. The van der Waals surface area contributed by atoms with E-state index in [1.54, 1.807) is 6.21 Å². The van der Waals surface area contributed by atoms with Gasteiger partial charge in [-0.2, -0.15) is 0 Å². The van der Waals surface area contributed by atoms with Crippen LogP contribution in [0, 0.1) is 0 Å². The summed E-state index contributed by atoms with van der Waals surface area (Å²) in [5.74, 6) is 0. The molecule has 30 valence electrons. The van der Waals surface area contributed by atoms with Crippen molar-refractivity contribution in [2.75, 3.05) is 0 Å². The first-order valence-electron chi connectivity index (χ1n) is 1.97. The fourth-order valence-corrected chi connectivity index (χ4v) is 0.573. The fourth-order valence-electron chi connectivity index (χ4n) is 0.573. The van der Waals surface area contributed by atoms with E-state index in [1.165, 1.54) is 5.71 Å². The van der Waals surface area contributed by atoms with Crippen molar-refractivity contribution in [2.24, 2.45) is 9.98 Å². The second-order valence-electron chi connectivity index (χ2n) is 1.78. The summed E-state index contributed by atoms with van der Waals surface area (Å²) in [4.78, 5) is 7.94. The molecule has 0 N–H and O–H groups in total. The quantitative estimate of drug-likeness (QED) is 0.398. The summed E-state index contributed by atoms with van der Waals surface area (Å²) >= 11 is 0. The molecule has 6 heavy (non-hydrogen) atoms. The zero-order valence-electron chi connectivity index (χ0n) is 3.47. The Kier molecular flexibility index (Phi) is 0.157. The third-order valence-corrected chi connectivity index (χ3v) is 1.21. The summed E-state index contributed by atoms with van der Waals surface area (Å²) in [7, 11) is 0. The first-order chi connectivity index (χ1) is 2.81. The fraction of sp³-hybridized carbons (Fsp3) is 0.500. The predicted molar refractivity (Wildman–Crippen MR) is 24.3 cm³/mol. The molecule has 0 fully saturated rings. The Morgan fingerprint density at radius 2 is 2.50 bits per heavy atom. The Labute approximate surface area is 35.6 Å². The lowest BCUT2D eigenvalue weighted by Gasteiger charge is -2.03. The van der Waals surface area contributed by atoms with Crippen LogP contribution in [0.2, 0.25) is 0 Å². The van der Waals surface area contributed by atoms with Crippen molar-refractivity contribution in [1.29, 1.82) is 0 Å². The molecule has 2 heteroatoms. The largest absolute Gasteiger partial charge is 0.255 e. The molecule has 2 heterocycles. The lowest BCUT2D eigenvalue weighted by Crippen LogP contribution is -2.20. The minimum Gasteiger partial charge on any atom is -0.255 e. The highest BCUT2D eigenvalue weighted by Crippen LogP contribution is 2.33. The molecule has 0 amide bonds. The third-order valence-electron chi connectivity index (χ3n) is 1.21. The van der Waals surface area contributed by atoms with E-state index >= 15 is 0 Å². The number of hydrogen-bond donors (Lipinski definition) is 0. The van der Waals surface area contributed by atoms with Crippen LogP contribution in [0.3, 0.4) is 0 Å². The van der Waals surface area contributed by atoms with E-state index in [9.17, 15) is 0 Å². The molecule has 1 atom stereocenters. The van der Waals surface area contributed by atoms with Crippen LogP contribution in [0.25, 0.3) is 0 Å². The van der Waals surface area contributed by atoms with Crippen molar-refractivity contribution in [3.63, 3.8) is 0 Å². The third kappa shape index (κ3) is 0.0889. The van der Waals surface area contributed by atoms with Gasteiger partial charge in [0, 0.05) is 0 Å². The smallest absolute Gasteiger partial charge is 0.191 e. The highest BCUT2D eigenvalue weighted by molar-refractivity contribution is 6.46. The van der Waals surface area contributed by atoms with Gasteiger partial charge in [-0.1, -0.05) is 0 Å². The minimum absolute atomic E-state index is 0. The van der Waals surface area contributed by atoms with Crippen LogP contribution < -0.4 is 0 Å². The van der Waals surface area contributed by atoms with Gasteiger partial charge in [-0.25, -0.2) is 4.99 Å². The first-order valence-corrected chi connectivity index (χ1v) is 1.97. The second-order valence-corrected chi connectivity index (χ2v) is 1.78. The van der Waals surface area contributed by atoms with Gasteiger partial charge in [0.1, 0.15) is 5.71 Å². The van der Waals surface area contributed by atoms with E-state index < -0.39 is 0 Å². The van der Waals surface area contributed by atoms with Gasteiger partial charge in [-0.3, -0.25) is 4.99 Å². The molecule has 0 aromatic carbocycles. The summed E-state index contributed by atoms with van der Waals surface area (Å²) in [6.07, 6.45) is 1.81. The molecule has 2 aliphatic rings. The normalized spacial score (nSPS) is 46.5. The summed E-state index contributed by atoms with van der Waals surface area (Å²) in [6, 6.07) is 0. The number of fused-ring (bicyclic) bond motifs is 1. The van der Waals surface area contributed by atoms with Crippen molar-refractivity contribution in [3.8, 4) is 0 Å². The van der Waals surface area contributed by atoms with E-state index in [0.717, 1.165) is 0 Å². The summed E-state index contributed by atoms with van der Waals surface area (Å²) in [5, 5.41) is 0. The van der Waals surface area contributed by atoms with Crippen LogP contribution in [0.15, 0.2) is 9.98 Å². The van der Waals surface area contributed by atoms with Crippen molar-refractivity contribution < 1.29 is 0 Å². The van der Waals surface area contributed by atoms with Crippen molar-refractivity contribution in [1.82, 2.24) is 0 Å². The Morgan fingerprint density at radius 3 is 2.50 bits per heavy atom. The highest BCUT2D eigenvalue weighted by atomic mass is 15.3. The summed E-state index contributed by atoms with van der Waals surface area (Å²) in [5.41, 5.74) is 1.17. The maximum Gasteiger partial charge on any atom is 0.191 e. The topological polar surface area (TPSA) is 24.7 Å². The second kappa shape index (κ2) is 0.376.